The van der Waals surface area contributed by atoms with Gasteiger partial charge in [0.15, 0.2) is 0 Å². The number of hydrogen-bond donors (Lipinski definition) is 2. The molecule has 0 aliphatic heterocycles. The lowest BCUT2D eigenvalue weighted by Gasteiger charge is -2.11. The first-order valence-corrected chi connectivity index (χ1v) is 6.49. The molecule has 0 spiro atoms. The third-order valence-corrected chi connectivity index (χ3v) is 3.26. The zero-order valence-electron chi connectivity index (χ0n) is 10.9. The Kier molecular flexibility index (Phi) is 4.58. The minimum Gasteiger partial charge on any atom is -0.376 e. The van der Waals surface area contributed by atoms with Gasteiger partial charge in [-0.1, -0.05) is 29.8 Å². The summed E-state index contributed by atoms with van der Waals surface area (Å²) >= 11 is 5.99. The number of carbonyl (C=O) groups excluding carboxylic acids is 1. The maximum absolute atomic E-state index is 13.4. The first-order valence-electron chi connectivity index (χ1n) is 6.11. The molecule has 2 aromatic rings. The highest BCUT2D eigenvalue weighted by Gasteiger charge is 2.07. The van der Waals surface area contributed by atoms with Gasteiger partial charge in [0.1, 0.15) is 5.82 Å². The smallest absolute Gasteiger partial charge is 0.243 e. The Labute approximate surface area is 121 Å². The fraction of sp³-hybridized carbons (Fsp3) is 0.133. The molecule has 5 heteroatoms. The van der Waals surface area contributed by atoms with Gasteiger partial charge in [0.2, 0.25) is 5.91 Å². The Morgan fingerprint density at radius 1 is 1.15 bits per heavy atom. The van der Waals surface area contributed by atoms with Crippen LogP contribution in [0.15, 0.2) is 42.5 Å². The fourth-order valence-corrected chi connectivity index (χ4v) is 1.91. The average molecular weight is 293 g/mol. The van der Waals surface area contributed by atoms with Crippen molar-refractivity contribution in [1.82, 2.24) is 0 Å². The summed E-state index contributed by atoms with van der Waals surface area (Å²) in [4.78, 5) is 11.8. The van der Waals surface area contributed by atoms with Crippen molar-refractivity contribution in [3.63, 3.8) is 0 Å². The van der Waals surface area contributed by atoms with E-state index in [2.05, 4.69) is 10.6 Å². The van der Waals surface area contributed by atoms with E-state index >= 15 is 0 Å². The summed E-state index contributed by atoms with van der Waals surface area (Å²) in [5.74, 6) is -0.783. The molecule has 3 nitrogen and oxygen atoms in total. The van der Waals surface area contributed by atoms with Crippen LogP contribution in [0.2, 0.25) is 5.02 Å². The Bertz CT molecular complexity index is 631. The Balaban J connectivity index is 1.96. The van der Waals surface area contributed by atoms with E-state index in [-0.39, 0.29) is 18.1 Å². The highest BCUT2D eigenvalue weighted by Crippen LogP contribution is 2.22. The number of rotatable bonds is 4. The predicted octanol–water partition coefficient (Wildman–Crippen LogP) is 3.84. The Morgan fingerprint density at radius 2 is 1.85 bits per heavy atom. The molecule has 0 fully saturated rings. The van der Waals surface area contributed by atoms with E-state index in [4.69, 9.17) is 11.6 Å². The molecule has 0 aliphatic carbocycles. The summed E-state index contributed by atoms with van der Waals surface area (Å²) in [7, 11) is 0. The number of anilines is 2. The zero-order valence-corrected chi connectivity index (χ0v) is 11.7. The first kappa shape index (κ1) is 14.3. The molecule has 0 aliphatic rings. The van der Waals surface area contributed by atoms with Crippen molar-refractivity contribution in [3.8, 4) is 0 Å². The lowest BCUT2D eigenvalue weighted by Crippen LogP contribution is -2.22. The summed E-state index contributed by atoms with van der Waals surface area (Å²) < 4.78 is 13.4. The number of nitrogens with one attached hydrogen (secondary N) is 2. The number of halogens is 2. The third-order valence-electron chi connectivity index (χ3n) is 2.86. The highest BCUT2D eigenvalue weighted by atomic mass is 35.5. The van der Waals surface area contributed by atoms with Crippen molar-refractivity contribution in [2.75, 3.05) is 17.2 Å². The highest BCUT2D eigenvalue weighted by molar-refractivity contribution is 6.31. The van der Waals surface area contributed by atoms with Crippen LogP contribution in [0.3, 0.4) is 0 Å². The van der Waals surface area contributed by atoms with Crippen LogP contribution in [0.5, 0.6) is 0 Å². The van der Waals surface area contributed by atoms with Crippen molar-refractivity contribution in [2.45, 2.75) is 6.92 Å². The molecule has 0 bridgehead atoms. The van der Waals surface area contributed by atoms with E-state index in [0.29, 0.717) is 5.02 Å². The minimum atomic E-state index is -0.459. The van der Waals surface area contributed by atoms with Gasteiger partial charge in [-0.15, -0.1) is 0 Å². The molecular formula is C15H14ClFN2O. The molecular weight excluding hydrogens is 279 g/mol. The third kappa shape index (κ3) is 3.48. The SMILES string of the molecule is Cc1c(Cl)cccc1NCC(=O)Nc1ccccc1F. The molecule has 0 atom stereocenters. The number of hydrogen-bond acceptors (Lipinski definition) is 2. The number of para-hydroxylation sites is 1. The van der Waals surface area contributed by atoms with E-state index < -0.39 is 5.82 Å². The number of amides is 1. The maximum Gasteiger partial charge on any atom is 0.243 e. The number of carbonyl (C=O) groups is 1. The normalized spacial score (nSPS) is 10.2. The van der Waals surface area contributed by atoms with Crippen LogP contribution in [0.25, 0.3) is 0 Å². The fourth-order valence-electron chi connectivity index (χ4n) is 1.73. The zero-order chi connectivity index (χ0) is 14.5. The summed E-state index contributed by atoms with van der Waals surface area (Å²) in [6.07, 6.45) is 0. The van der Waals surface area contributed by atoms with E-state index in [1.54, 1.807) is 24.3 Å². The van der Waals surface area contributed by atoms with Gasteiger partial charge < -0.3 is 10.6 Å². The molecule has 0 radical (unpaired) electrons. The molecule has 0 saturated heterocycles. The molecule has 2 rings (SSSR count). The minimum absolute atomic E-state index is 0.0372. The van der Waals surface area contributed by atoms with Crippen LogP contribution >= 0.6 is 11.6 Å². The molecule has 0 aromatic heterocycles. The van der Waals surface area contributed by atoms with Crippen LogP contribution in [-0.4, -0.2) is 12.5 Å². The van der Waals surface area contributed by atoms with Crippen molar-refractivity contribution in [2.24, 2.45) is 0 Å². The van der Waals surface area contributed by atoms with Crippen LogP contribution in [0, 0.1) is 12.7 Å². The quantitative estimate of drug-likeness (QED) is 0.899. The van der Waals surface area contributed by atoms with Gasteiger partial charge in [-0.05, 0) is 36.8 Å². The monoisotopic (exact) mass is 292 g/mol. The molecule has 20 heavy (non-hydrogen) atoms. The average Bonchev–Trinajstić information content (AvgIpc) is 2.43. The molecule has 0 saturated carbocycles. The lowest BCUT2D eigenvalue weighted by molar-refractivity contribution is -0.114. The van der Waals surface area contributed by atoms with Crippen molar-refractivity contribution < 1.29 is 9.18 Å². The van der Waals surface area contributed by atoms with Gasteiger partial charge in [0, 0.05) is 10.7 Å². The molecule has 1 amide bonds. The Hall–Kier alpha value is -2.07. The van der Waals surface area contributed by atoms with E-state index in [0.717, 1.165) is 11.3 Å². The van der Waals surface area contributed by atoms with Gasteiger partial charge >= 0.3 is 0 Å². The van der Waals surface area contributed by atoms with Gasteiger partial charge in [0.05, 0.1) is 12.2 Å². The summed E-state index contributed by atoms with van der Waals surface area (Å²) in [5, 5.41) is 6.11. The predicted molar refractivity (Wildman–Crippen MR) is 79.7 cm³/mol. The van der Waals surface area contributed by atoms with Gasteiger partial charge in [-0.2, -0.15) is 0 Å². The molecule has 0 unspecified atom stereocenters. The van der Waals surface area contributed by atoms with E-state index in [1.165, 1.54) is 12.1 Å². The molecule has 0 heterocycles. The second kappa shape index (κ2) is 6.39. The van der Waals surface area contributed by atoms with Crippen LogP contribution < -0.4 is 10.6 Å². The van der Waals surface area contributed by atoms with Gasteiger partial charge in [-0.25, -0.2) is 4.39 Å². The molecule has 2 aromatic carbocycles. The number of benzene rings is 2. The van der Waals surface area contributed by atoms with Crippen LogP contribution in [0.1, 0.15) is 5.56 Å². The second-order valence-electron chi connectivity index (χ2n) is 4.29. The largest absolute Gasteiger partial charge is 0.376 e. The Morgan fingerprint density at radius 3 is 2.60 bits per heavy atom. The van der Waals surface area contributed by atoms with Crippen molar-refractivity contribution >= 4 is 28.9 Å². The van der Waals surface area contributed by atoms with Gasteiger partial charge in [0.25, 0.3) is 0 Å². The van der Waals surface area contributed by atoms with Crippen LogP contribution in [-0.2, 0) is 4.79 Å². The van der Waals surface area contributed by atoms with Crippen molar-refractivity contribution in [1.29, 1.82) is 0 Å². The second-order valence-corrected chi connectivity index (χ2v) is 4.70. The lowest BCUT2D eigenvalue weighted by atomic mass is 10.2. The summed E-state index contributed by atoms with van der Waals surface area (Å²) in [6, 6.07) is 11.4. The van der Waals surface area contributed by atoms with Gasteiger partial charge in [-0.3, -0.25) is 4.79 Å². The maximum atomic E-state index is 13.4. The molecule has 104 valence electrons. The molecule has 2 N–H and O–H groups in total. The summed E-state index contributed by atoms with van der Waals surface area (Å²) in [5.41, 5.74) is 1.82. The van der Waals surface area contributed by atoms with E-state index in [1.807, 2.05) is 13.0 Å². The summed E-state index contributed by atoms with van der Waals surface area (Å²) in [6.45, 7) is 1.90. The van der Waals surface area contributed by atoms with E-state index in [9.17, 15) is 9.18 Å². The first-order chi connectivity index (χ1) is 9.58. The standard InChI is InChI=1S/C15H14ClFN2O/c1-10-11(16)5-4-8-13(10)18-9-15(20)19-14-7-3-2-6-12(14)17/h2-8,18H,9H2,1H3,(H,19,20). The van der Waals surface area contributed by atoms with Crippen molar-refractivity contribution in [3.05, 3.63) is 58.9 Å². The topological polar surface area (TPSA) is 41.1 Å². The van der Waals surface area contributed by atoms with Crippen LogP contribution in [0.4, 0.5) is 15.8 Å².